The average Bonchev–Trinajstić information content (AvgIpc) is 3.72. The predicted molar refractivity (Wildman–Crippen MR) is 178 cm³/mol. The minimum Gasteiger partial charge on any atom is -0.496 e. The van der Waals surface area contributed by atoms with Crippen molar-refractivity contribution in [3.8, 4) is 22.8 Å². The number of hydrogen-bond donors (Lipinski definition) is 0. The van der Waals surface area contributed by atoms with Crippen LogP contribution in [0, 0.1) is 11.8 Å². The maximum Gasteiger partial charge on any atom is 0.192 e. The summed E-state index contributed by atoms with van der Waals surface area (Å²) in [6.45, 7) is 19.7. The summed E-state index contributed by atoms with van der Waals surface area (Å²) < 4.78 is 26.7. The largest absolute Gasteiger partial charge is 0.496 e. The highest BCUT2D eigenvalue weighted by Crippen LogP contribution is 2.45. The molecule has 1 aliphatic carbocycles. The van der Waals surface area contributed by atoms with E-state index in [0.29, 0.717) is 5.92 Å². The highest BCUT2D eigenvalue weighted by Gasteiger charge is 2.39. The van der Waals surface area contributed by atoms with Crippen molar-refractivity contribution in [1.82, 2.24) is 9.61 Å². The quantitative estimate of drug-likeness (QED) is 0.193. The molecule has 0 amide bonds. The third-order valence-electron chi connectivity index (χ3n) is 9.88. The lowest BCUT2D eigenvalue weighted by atomic mass is 9.99. The van der Waals surface area contributed by atoms with Crippen LogP contribution in [0.2, 0.25) is 18.1 Å². The van der Waals surface area contributed by atoms with Gasteiger partial charge in [-0.05, 0) is 98.8 Å². The van der Waals surface area contributed by atoms with Gasteiger partial charge in [-0.25, -0.2) is 4.52 Å². The Balaban J connectivity index is 1.58. The summed E-state index contributed by atoms with van der Waals surface area (Å²) >= 11 is 0. The first-order chi connectivity index (χ1) is 20.5. The topological polar surface area (TPSA) is 57.5 Å². The molecule has 3 heterocycles. The molecule has 0 N–H and O–H groups in total. The molecule has 5 rings (SSSR count). The summed E-state index contributed by atoms with van der Waals surface area (Å²) in [4.78, 5) is 2.65. The number of benzene rings is 1. The van der Waals surface area contributed by atoms with Gasteiger partial charge < -0.3 is 23.5 Å². The van der Waals surface area contributed by atoms with Crippen LogP contribution in [0.4, 0.5) is 5.69 Å². The van der Waals surface area contributed by atoms with Crippen LogP contribution in [0.15, 0.2) is 30.3 Å². The Bertz CT molecular complexity index is 1380. The second-order valence-electron chi connectivity index (χ2n) is 14.1. The molecule has 8 heteroatoms. The van der Waals surface area contributed by atoms with Crippen molar-refractivity contribution in [3.63, 3.8) is 0 Å². The monoisotopic (exact) mass is 607 g/mol. The number of hydrogen-bond acceptors (Lipinski definition) is 6. The zero-order chi connectivity index (χ0) is 30.9. The van der Waals surface area contributed by atoms with Crippen molar-refractivity contribution < 1.29 is 18.6 Å². The zero-order valence-electron chi connectivity index (χ0n) is 28.0. The molecule has 236 valence electrons. The van der Waals surface area contributed by atoms with Crippen molar-refractivity contribution >= 4 is 19.5 Å². The Labute approximate surface area is 260 Å². The molecule has 2 aliphatic rings. The first kappa shape index (κ1) is 31.9. The minimum atomic E-state index is -1.97. The predicted octanol–water partition coefficient (Wildman–Crippen LogP) is 8.31. The molecule has 0 bridgehead atoms. The highest BCUT2D eigenvalue weighted by molar-refractivity contribution is 6.74. The Morgan fingerprint density at radius 2 is 1.60 bits per heavy atom. The second-order valence-corrected chi connectivity index (χ2v) is 18.8. The molecule has 0 radical (unpaired) electrons. The van der Waals surface area contributed by atoms with Crippen LogP contribution in [-0.4, -0.2) is 58.5 Å². The van der Waals surface area contributed by atoms with E-state index in [-0.39, 0.29) is 11.1 Å². The number of aryl methyl sites for hydroxylation is 1. The summed E-state index contributed by atoms with van der Waals surface area (Å²) in [5, 5.41) is 5.38. The number of methoxy groups -OCH3 is 2. The molecule has 1 aromatic carbocycles. The van der Waals surface area contributed by atoms with Gasteiger partial charge in [-0.3, -0.25) is 0 Å². The summed E-state index contributed by atoms with van der Waals surface area (Å²) in [7, 11) is 1.50. The van der Waals surface area contributed by atoms with E-state index in [4.69, 9.17) is 23.7 Å². The van der Waals surface area contributed by atoms with Crippen LogP contribution in [0.1, 0.15) is 77.7 Å². The number of rotatable bonds is 12. The third kappa shape index (κ3) is 6.76. The van der Waals surface area contributed by atoms with Crippen molar-refractivity contribution in [2.75, 3.05) is 45.4 Å². The van der Waals surface area contributed by atoms with Crippen LogP contribution >= 0.6 is 0 Å². The van der Waals surface area contributed by atoms with Gasteiger partial charge in [0.1, 0.15) is 11.5 Å². The summed E-state index contributed by atoms with van der Waals surface area (Å²) in [6, 6.07) is 10.7. The normalized spacial score (nSPS) is 17.3. The Morgan fingerprint density at radius 1 is 1.00 bits per heavy atom. The second kappa shape index (κ2) is 12.8. The van der Waals surface area contributed by atoms with Crippen molar-refractivity contribution in [1.29, 1.82) is 0 Å². The molecule has 43 heavy (non-hydrogen) atoms. The van der Waals surface area contributed by atoms with Crippen LogP contribution in [-0.2, 0) is 15.6 Å². The number of anilines is 1. The van der Waals surface area contributed by atoms with Gasteiger partial charge in [-0.1, -0.05) is 33.8 Å². The van der Waals surface area contributed by atoms with Gasteiger partial charge in [0, 0.05) is 26.3 Å². The number of nitrogens with zero attached hydrogens (tertiary/aromatic N) is 3. The van der Waals surface area contributed by atoms with Gasteiger partial charge in [0.05, 0.1) is 48.5 Å². The summed E-state index contributed by atoms with van der Waals surface area (Å²) in [5.74, 6) is 2.96. The van der Waals surface area contributed by atoms with Gasteiger partial charge in [-0.2, -0.15) is 5.10 Å². The van der Waals surface area contributed by atoms with Crippen molar-refractivity contribution in [3.05, 3.63) is 41.6 Å². The van der Waals surface area contributed by atoms with Crippen molar-refractivity contribution in [2.45, 2.75) is 91.0 Å². The third-order valence-corrected chi connectivity index (χ3v) is 14.4. The van der Waals surface area contributed by atoms with Crippen LogP contribution in [0.5, 0.6) is 11.5 Å². The zero-order valence-corrected chi connectivity index (χ0v) is 29.0. The molecule has 1 aliphatic heterocycles. The average molecular weight is 608 g/mol. The molecule has 3 aromatic rings. The minimum absolute atomic E-state index is 0.0855. The van der Waals surface area contributed by atoms with E-state index >= 15 is 0 Å². The molecule has 2 aromatic heterocycles. The van der Waals surface area contributed by atoms with Crippen LogP contribution < -0.4 is 14.4 Å². The summed E-state index contributed by atoms with van der Waals surface area (Å²) in [6.07, 6.45) is 5.71. The van der Waals surface area contributed by atoms with E-state index < -0.39 is 8.32 Å². The maximum atomic E-state index is 6.76. The van der Waals surface area contributed by atoms with Crippen LogP contribution in [0.25, 0.3) is 16.8 Å². The van der Waals surface area contributed by atoms with E-state index in [1.165, 1.54) is 18.5 Å². The van der Waals surface area contributed by atoms with Crippen LogP contribution in [0.3, 0.4) is 0 Å². The van der Waals surface area contributed by atoms with Gasteiger partial charge >= 0.3 is 0 Å². The Morgan fingerprint density at radius 3 is 2.14 bits per heavy atom. The van der Waals surface area contributed by atoms with E-state index in [1.54, 1.807) is 14.2 Å². The van der Waals surface area contributed by atoms with E-state index in [0.717, 1.165) is 91.0 Å². The number of fused-ring (bicyclic) bond motifs is 1. The molecule has 2 fully saturated rings. The maximum absolute atomic E-state index is 6.76. The number of pyridine rings is 1. The van der Waals surface area contributed by atoms with Gasteiger partial charge in [0.2, 0.25) is 0 Å². The fraction of sp³-hybridized carbons (Fsp3) is 0.629. The molecular weight excluding hydrogens is 554 g/mol. The molecule has 0 spiro atoms. The first-order valence-electron chi connectivity index (χ1n) is 16.2. The smallest absolute Gasteiger partial charge is 0.192 e. The molecule has 1 saturated heterocycles. The van der Waals surface area contributed by atoms with E-state index in [1.807, 2.05) is 0 Å². The number of aromatic nitrogens is 2. The van der Waals surface area contributed by atoms with Crippen molar-refractivity contribution in [2.24, 2.45) is 11.8 Å². The summed E-state index contributed by atoms with van der Waals surface area (Å²) in [5.41, 5.74) is 6.50. The molecule has 1 unspecified atom stereocenters. The molecule has 7 nitrogen and oxygen atoms in total. The SMILES string of the molecule is CCc1nn2c(-c3c(OC)cc(C(C)O[Si](C)(C)C(C)(C)C)cc3OC)cccc2c1N(CC1CCOCC1)CC1CC1. The molecular formula is C35H53N3O4Si. The van der Waals surface area contributed by atoms with E-state index in [2.05, 4.69) is 87.5 Å². The lowest BCUT2D eigenvalue weighted by Gasteiger charge is -2.38. The van der Waals surface area contributed by atoms with Gasteiger partial charge in [0.15, 0.2) is 8.32 Å². The standard InChI is InChI=1S/C35H53N3O4Si/c1-10-28-34(37(22-25-14-15-25)23-26-16-18-41-19-17-26)30-13-11-12-29(38(30)36-28)33-31(39-6)20-27(21-32(33)40-7)24(2)42-43(8,9)35(3,4)5/h11-13,20-21,24-26H,10,14-19,22-23H2,1-9H3. The lowest BCUT2D eigenvalue weighted by molar-refractivity contribution is 0.0682. The van der Waals surface area contributed by atoms with Gasteiger partial charge in [0.25, 0.3) is 0 Å². The lowest BCUT2D eigenvalue weighted by Crippen LogP contribution is -2.41. The highest BCUT2D eigenvalue weighted by atomic mass is 28.4. The Hall–Kier alpha value is -2.55. The molecule has 1 atom stereocenters. The Kier molecular flexibility index (Phi) is 9.50. The fourth-order valence-electron chi connectivity index (χ4n) is 6.09. The van der Waals surface area contributed by atoms with Gasteiger partial charge in [-0.15, -0.1) is 0 Å². The first-order valence-corrected chi connectivity index (χ1v) is 19.2. The fourth-order valence-corrected chi connectivity index (χ4v) is 7.47. The number of ether oxygens (including phenoxy) is 3. The molecule has 1 saturated carbocycles. The van der Waals surface area contributed by atoms with E-state index in [9.17, 15) is 0 Å².